The molecule has 3 rings (SSSR count). The molecule has 0 bridgehead atoms. The smallest absolute Gasteiger partial charge is 0.328 e. The molecule has 7 heteroatoms. The second-order valence-electron chi connectivity index (χ2n) is 5.96. The number of halogens is 1. The lowest BCUT2D eigenvalue weighted by atomic mass is 10.1. The Kier molecular flexibility index (Phi) is 4.38. The van der Waals surface area contributed by atoms with Crippen molar-refractivity contribution in [3.8, 4) is 0 Å². The maximum absolute atomic E-state index is 13.6. The van der Waals surface area contributed by atoms with Gasteiger partial charge in [-0.2, -0.15) is 0 Å². The summed E-state index contributed by atoms with van der Waals surface area (Å²) in [5, 5.41) is -1.21. The fourth-order valence-electron chi connectivity index (χ4n) is 3.22. The molecule has 0 unspecified atom stereocenters. The first-order valence-corrected chi connectivity index (χ1v) is 9.38. The zero-order chi connectivity index (χ0) is 18.2. The SMILES string of the molecule is CCOC(=O)[C@]1(N)[C@@H](c2cccc(F)c2)[C@@H]1S(=O)(=O)c1ccccc1. The number of esters is 1. The van der Waals surface area contributed by atoms with Gasteiger partial charge in [0.2, 0.25) is 0 Å². The molecule has 132 valence electrons. The topological polar surface area (TPSA) is 86.5 Å². The number of sulfone groups is 1. The van der Waals surface area contributed by atoms with E-state index in [0.29, 0.717) is 5.56 Å². The molecule has 5 nitrogen and oxygen atoms in total. The van der Waals surface area contributed by atoms with Crippen LogP contribution >= 0.6 is 0 Å². The van der Waals surface area contributed by atoms with E-state index >= 15 is 0 Å². The van der Waals surface area contributed by atoms with Crippen LogP contribution in [-0.4, -0.2) is 31.8 Å². The lowest BCUT2D eigenvalue weighted by molar-refractivity contribution is -0.145. The number of rotatable bonds is 5. The van der Waals surface area contributed by atoms with Gasteiger partial charge in [-0.05, 0) is 36.8 Å². The normalized spacial score (nSPS) is 25.4. The molecule has 1 aliphatic carbocycles. The lowest BCUT2D eigenvalue weighted by Crippen LogP contribution is -2.41. The summed E-state index contributed by atoms with van der Waals surface area (Å²) in [5.41, 5.74) is 4.82. The molecule has 0 aliphatic heterocycles. The maximum Gasteiger partial charge on any atom is 0.328 e. The van der Waals surface area contributed by atoms with Crippen molar-refractivity contribution in [3.05, 3.63) is 66.0 Å². The van der Waals surface area contributed by atoms with Crippen LogP contribution in [0.15, 0.2) is 59.5 Å². The van der Waals surface area contributed by atoms with Gasteiger partial charge in [0, 0.05) is 5.92 Å². The first-order valence-electron chi connectivity index (χ1n) is 7.84. The molecule has 2 aromatic carbocycles. The van der Waals surface area contributed by atoms with Gasteiger partial charge in [-0.1, -0.05) is 30.3 Å². The summed E-state index contributed by atoms with van der Waals surface area (Å²) < 4.78 is 44.6. The zero-order valence-electron chi connectivity index (χ0n) is 13.6. The lowest BCUT2D eigenvalue weighted by Gasteiger charge is -2.11. The van der Waals surface area contributed by atoms with Crippen LogP contribution < -0.4 is 5.73 Å². The van der Waals surface area contributed by atoms with Gasteiger partial charge in [0.15, 0.2) is 9.84 Å². The molecule has 1 aliphatic rings. The van der Waals surface area contributed by atoms with Gasteiger partial charge in [-0.15, -0.1) is 0 Å². The molecule has 0 spiro atoms. The van der Waals surface area contributed by atoms with Crippen LogP contribution in [-0.2, 0) is 19.4 Å². The van der Waals surface area contributed by atoms with Gasteiger partial charge in [0.25, 0.3) is 0 Å². The van der Waals surface area contributed by atoms with Gasteiger partial charge in [0.1, 0.15) is 16.6 Å². The van der Waals surface area contributed by atoms with E-state index in [1.165, 1.54) is 30.3 Å². The number of benzene rings is 2. The molecular formula is C18H18FNO4S. The number of hydrogen-bond donors (Lipinski definition) is 1. The Balaban J connectivity index is 2.08. The van der Waals surface area contributed by atoms with Gasteiger partial charge in [-0.25, -0.2) is 17.6 Å². The molecule has 0 radical (unpaired) electrons. The zero-order valence-corrected chi connectivity index (χ0v) is 14.4. The Labute approximate surface area is 145 Å². The van der Waals surface area contributed by atoms with Crippen LogP contribution in [0.25, 0.3) is 0 Å². The van der Waals surface area contributed by atoms with Crippen molar-refractivity contribution >= 4 is 15.8 Å². The molecule has 1 saturated carbocycles. The monoisotopic (exact) mass is 363 g/mol. The largest absolute Gasteiger partial charge is 0.465 e. The van der Waals surface area contributed by atoms with E-state index in [0.717, 1.165) is 0 Å². The highest BCUT2D eigenvalue weighted by Gasteiger charge is 2.74. The average Bonchev–Trinajstić information content (AvgIpc) is 3.24. The van der Waals surface area contributed by atoms with Crippen molar-refractivity contribution < 1.29 is 22.3 Å². The van der Waals surface area contributed by atoms with E-state index in [2.05, 4.69) is 0 Å². The predicted molar refractivity (Wildman–Crippen MR) is 90.1 cm³/mol. The third kappa shape index (κ3) is 2.83. The van der Waals surface area contributed by atoms with E-state index in [1.807, 2.05) is 0 Å². The molecule has 1 fully saturated rings. The molecule has 2 aromatic rings. The molecule has 0 saturated heterocycles. The molecule has 2 N–H and O–H groups in total. The minimum atomic E-state index is -3.90. The van der Waals surface area contributed by atoms with Gasteiger partial charge in [0.05, 0.1) is 11.5 Å². The Morgan fingerprint density at radius 1 is 1.20 bits per heavy atom. The molecule has 0 aromatic heterocycles. The summed E-state index contributed by atoms with van der Waals surface area (Å²) in [6, 6.07) is 13.2. The fourth-order valence-corrected chi connectivity index (χ4v) is 5.46. The van der Waals surface area contributed by atoms with Crippen molar-refractivity contribution in [1.29, 1.82) is 0 Å². The van der Waals surface area contributed by atoms with Crippen LogP contribution in [0.2, 0.25) is 0 Å². The summed E-state index contributed by atoms with van der Waals surface area (Å²) in [4.78, 5) is 12.4. The minimum absolute atomic E-state index is 0.0676. The molecule has 3 atom stereocenters. The standard InChI is InChI=1S/C18H18FNO4S/c1-2-24-17(21)18(20)15(12-7-6-8-13(19)11-12)16(18)25(22,23)14-9-4-3-5-10-14/h3-11,15-16H,2,20H2,1H3/t15-,16-,18-/m0/s1. The van der Waals surface area contributed by atoms with E-state index in [9.17, 15) is 17.6 Å². The van der Waals surface area contributed by atoms with Crippen molar-refractivity contribution in [2.75, 3.05) is 6.61 Å². The van der Waals surface area contributed by atoms with Crippen LogP contribution in [0.5, 0.6) is 0 Å². The highest BCUT2D eigenvalue weighted by molar-refractivity contribution is 7.92. The predicted octanol–water partition coefficient (Wildman–Crippen LogP) is 2.03. The van der Waals surface area contributed by atoms with Gasteiger partial charge < -0.3 is 10.5 Å². The van der Waals surface area contributed by atoms with Crippen LogP contribution in [0.3, 0.4) is 0 Å². The van der Waals surface area contributed by atoms with Gasteiger partial charge in [-0.3, -0.25) is 0 Å². The van der Waals surface area contributed by atoms with Crippen molar-refractivity contribution in [2.45, 2.75) is 28.5 Å². The second kappa shape index (κ2) is 6.24. The van der Waals surface area contributed by atoms with E-state index < -0.39 is 38.3 Å². The summed E-state index contributed by atoms with van der Waals surface area (Å²) in [7, 11) is -3.90. The molecule has 25 heavy (non-hydrogen) atoms. The third-order valence-corrected chi connectivity index (χ3v) is 6.68. The van der Waals surface area contributed by atoms with Gasteiger partial charge >= 0.3 is 5.97 Å². The number of hydrogen-bond acceptors (Lipinski definition) is 5. The van der Waals surface area contributed by atoms with Crippen LogP contribution in [0.4, 0.5) is 4.39 Å². The second-order valence-corrected chi connectivity index (χ2v) is 8.03. The first-order chi connectivity index (χ1) is 11.8. The highest BCUT2D eigenvalue weighted by Crippen LogP contribution is 2.56. The Morgan fingerprint density at radius 3 is 2.48 bits per heavy atom. The summed E-state index contributed by atoms with van der Waals surface area (Å²) in [6.45, 7) is 1.69. The van der Waals surface area contributed by atoms with Crippen molar-refractivity contribution in [2.24, 2.45) is 5.73 Å². The average molecular weight is 363 g/mol. The summed E-state index contributed by atoms with van der Waals surface area (Å²) in [6.07, 6.45) is 0. The minimum Gasteiger partial charge on any atom is -0.465 e. The van der Waals surface area contributed by atoms with E-state index in [1.54, 1.807) is 31.2 Å². The van der Waals surface area contributed by atoms with Crippen LogP contribution in [0.1, 0.15) is 18.4 Å². The number of nitrogens with two attached hydrogens (primary N) is 1. The maximum atomic E-state index is 13.6. The number of carbonyl (C=O) groups is 1. The van der Waals surface area contributed by atoms with Crippen molar-refractivity contribution in [3.63, 3.8) is 0 Å². The van der Waals surface area contributed by atoms with E-state index in [-0.39, 0.29) is 11.5 Å². The quantitative estimate of drug-likeness (QED) is 0.822. The Morgan fingerprint density at radius 2 is 1.88 bits per heavy atom. The number of carbonyl (C=O) groups excluding carboxylic acids is 1. The summed E-state index contributed by atoms with van der Waals surface area (Å²) in [5.74, 6) is -2.19. The first kappa shape index (κ1) is 17.6. The summed E-state index contributed by atoms with van der Waals surface area (Å²) >= 11 is 0. The Bertz CT molecular complexity index is 900. The molecule has 0 amide bonds. The Hall–Kier alpha value is -2.25. The van der Waals surface area contributed by atoms with Crippen LogP contribution in [0, 0.1) is 5.82 Å². The highest BCUT2D eigenvalue weighted by atomic mass is 32.2. The molecular weight excluding hydrogens is 345 g/mol. The number of ether oxygens (including phenoxy) is 1. The van der Waals surface area contributed by atoms with Crippen molar-refractivity contribution in [1.82, 2.24) is 0 Å². The molecule has 0 heterocycles. The third-order valence-electron chi connectivity index (χ3n) is 4.42. The fraction of sp³-hybridized carbons (Fsp3) is 0.278. The van der Waals surface area contributed by atoms with E-state index in [4.69, 9.17) is 10.5 Å².